The lowest BCUT2D eigenvalue weighted by Gasteiger charge is -2.31. The van der Waals surface area contributed by atoms with Crippen LogP contribution >= 0.6 is 0 Å². The topological polar surface area (TPSA) is 63.8 Å². The average molecular weight is 327 g/mol. The van der Waals surface area contributed by atoms with Crippen molar-refractivity contribution in [2.75, 3.05) is 14.1 Å². The minimum atomic E-state index is -4.62. The largest absolute Gasteiger partial charge is 0.449 e. The van der Waals surface area contributed by atoms with Crippen molar-refractivity contribution in [1.29, 1.82) is 5.26 Å². The van der Waals surface area contributed by atoms with Gasteiger partial charge in [-0.05, 0) is 26.6 Å². The third-order valence-corrected chi connectivity index (χ3v) is 3.58. The van der Waals surface area contributed by atoms with Gasteiger partial charge in [0.25, 0.3) is 0 Å². The highest BCUT2D eigenvalue weighted by atomic mass is 19.4. The van der Waals surface area contributed by atoms with Gasteiger partial charge in [0.2, 0.25) is 5.84 Å². The van der Waals surface area contributed by atoms with E-state index in [1.54, 1.807) is 0 Å². The molecule has 0 radical (unpaired) electrons. The van der Waals surface area contributed by atoms with E-state index in [4.69, 9.17) is 0 Å². The summed E-state index contributed by atoms with van der Waals surface area (Å²) in [5, 5.41) is 12.1. The Morgan fingerprint density at radius 2 is 2.13 bits per heavy atom. The van der Waals surface area contributed by atoms with Gasteiger partial charge >= 0.3 is 6.18 Å². The summed E-state index contributed by atoms with van der Waals surface area (Å²) in [5.74, 6) is -0.891. The Hall–Kier alpha value is -2.14. The normalized spacial score (nSPS) is 17.8. The summed E-state index contributed by atoms with van der Waals surface area (Å²) < 4.78 is 39.2. The molecule has 0 heterocycles. The summed E-state index contributed by atoms with van der Waals surface area (Å²) in [6.45, 7) is 6.68. The quantitative estimate of drug-likeness (QED) is 0.338. The van der Waals surface area contributed by atoms with Crippen LogP contribution in [0.5, 0.6) is 0 Å². The Bertz CT molecular complexity index is 552. The average Bonchev–Trinajstić information content (AvgIpc) is 3.31. The summed E-state index contributed by atoms with van der Waals surface area (Å²) in [4.78, 5) is 8.16. The molecule has 8 heteroatoms. The van der Waals surface area contributed by atoms with Gasteiger partial charge in [-0.3, -0.25) is 4.99 Å². The van der Waals surface area contributed by atoms with Gasteiger partial charge < -0.3 is 10.2 Å². The van der Waals surface area contributed by atoms with E-state index in [2.05, 4.69) is 28.6 Å². The minimum Gasteiger partial charge on any atom is -0.340 e. The number of hydrogen-bond acceptors (Lipinski definition) is 4. The smallest absolute Gasteiger partial charge is 0.340 e. The Labute approximate surface area is 133 Å². The Morgan fingerprint density at radius 3 is 2.48 bits per heavy atom. The van der Waals surface area contributed by atoms with E-state index < -0.39 is 18.2 Å². The molecule has 1 N–H and O–H groups in total. The molecule has 1 aliphatic rings. The fourth-order valence-corrected chi connectivity index (χ4v) is 2.26. The summed E-state index contributed by atoms with van der Waals surface area (Å²) >= 11 is 0. The van der Waals surface area contributed by atoms with Gasteiger partial charge in [-0.1, -0.05) is 6.58 Å². The maximum Gasteiger partial charge on any atom is 0.449 e. The van der Waals surface area contributed by atoms with E-state index in [9.17, 15) is 18.4 Å². The number of nitrogens with zero attached hydrogens (tertiary/aromatic N) is 4. The molecule has 5 nitrogen and oxygen atoms in total. The molecule has 1 unspecified atom stereocenters. The Balaban J connectivity index is 3.07. The van der Waals surface area contributed by atoms with Gasteiger partial charge in [0, 0.05) is 25.6 Å². The lowest BCUT2D eigenvalue weighted by atomic mass is 10.1. The number of allylic oxidation sites excluding steroid dienone is 1. The van der Waals surface area contributed by atoms with Crippen LogP contribution in [0, 0.1) is 17.2 Å². The van der Waals surface area contributed by atoms with E-state index in [0.29, 0.717) is 11.3 Å². The molecule has 0 aliphatic heterocycles. The molecule has 0 spiro atoms. The molecule has 0 amide bonds. The van der Waals surface area contributed by atoms with Gasteiger partial charge in [-0.2, -0.15) is 18.4 Å². The third kappa shape index (κ3) is 4.93. The molecule has 1 saturated carbocycles. The van der Waals surface area contributed by atoms with Gasteiger partial charge in [-0.15, -0.1) is 0 Å². The number of rotatable bonds is 7. The van der Waals surface area contributed by atoms with Gasteiger partial charge in [0.1, 0.15) is 0 Å². The standard InChI is InChI=1S/C15H20F3N5/c1-5-22-14(15(16,17)18)23(4)12(20-2)8-11(9-19)13(21-3)10-6-7-10/h5,10,12,20H,1,3,6-8H2,2,4H3/b13-11+,22-14-. The molecule has 0 saturated heterocycles. The van der Waals surface area contributed by atoms with Crippen molar-refractivity contribution in [2.24, 2.45) is 15.9 Å². The van der Waals surface area contributed by atoms with Gasteiger partial charge in [-0.25, -0.2) is 4.99 Å². The van der Waals surface area contributed by atoms with Crippen LogP contribution in [0.1, 0.15) is 19.3 Å². The van der Waals surface area contributed by atoms with E-state index in [-0.39, 0.29) is 12.3 Å². The lowest BCUT2D eigenvalue weighted by molar-refractivity contribution is -0.0699. The molecule has 1 rings (SSSR count). The van der Waals surface area contributed by atoms with E-state index in [1.807, 2.05) is 6.07 Å². The maximum absolute atomic E-state index is 13.1. The van der Waals surface area contributed by atoms with E-state index in [1.165, 1.54) is 14.1 Å². The SMILES string of the molecule is C=C/N=C(\N(C)C(C/C(C#N)=C(\N=C)C1CC1)NC)C(F)(F)F. The first-order valence-corrected chi connectivity index (χ1v) is 7.06. The van der Waals surface area contributed by atoms with Crippen LogP contribution in [0.3, 0.4) is 0 Å². The van der Waals surface area contributed by atoms with Gasteiger partial charge in [0.05, 0.1) is 23.5 Å². The second kappa shape index (κ2) is 7.92. The molecule has 126 valence electrons. The molecule has 0 aromatic carbocycles. The van der Waals surface area contributed by atoms with E-state index in [0.717, 1.165) is 23.9 Å². The first kappa shape index (κ1) is 18.9. The number of hydrogen-bond donors (Lipinski definition) is 1. The number of nitrogens with one attached hydrogen (secondary N) is 1. The number of nitriles is 1. The minimum absolute atomic E-state index is 0.0700. The Kier molecular flexibility index (Phi) is 6.51. The molecule has 0 aromatic heterocycles. The fourth-order valence-electron chi connectivity index (χ4n) is 2.26. The summed E-state index contributed by atoms with van der Waals surface area (Å²) in [6.07, 6.45) is -2.63. The number of amidine groups is 1. The van der Waals surface area contributed by atoms with Crippen LogP contribution in [0.4, 0.5) is 13.2 Å². The van der Waals surface area contributed by atoms with Gasteiger partial charge in [0.15, 0.2) is 0 Å². The van der Waals surface area contributed by atoms with Crippen molar-refractivity contribution in [2.45, 2.75) is 31.6 Å². The highest BCUT2D eigenvalue weighted by Gasteiger charge is 2.40. The highest BCUT2D eigenvalue weighted by molar-refractivity contribution is 5.88. The monoisotopic (exact) mass is 327 g/mol. The third-order valence-electron chi connectivity index (χ3n) is 3.58. The van der Waals surface area contributed by atoms with Crippen LogP contribution in [0.25, 0.3) is 0 Å². The van der Waals surface area contributed by atoms with Crippen molar-refractivity contribution in [1.82, 2.24) is 10.2 Å². The number of alkyl halides is 3. The van der Waals surface area contributed by atoms with E-state index >= 15 is 0 Å². The first-order chi connectivity index (χ1) is 10.8. The van der Waals surface area contributed by atoms with Crippen LogP contribution in [-0.4, -0.2) is 43.9 Å². The molecule has 23 heavy (non-hydrogen) atoms. The number of aliphatic imine (C=N–C) groups is 2. The molecule has 1 aliphatic carbocycles. The number of halogens is 3. The molecule has 1 atom stereocenters. The summed E-state index contributed by atoms with van der Waals surface area (Å²) in [7, 11) is 2.79. The van der Waals surface area contributed by atoms with Crippen LogP contribution in [0.2, 0.25) is 0 Å². The predicted molar refractivity (Wildman–Crippen MR) is 83.8 cm³/mol. The molecular formula is C15H20F3N5. The van der Waals surface area contributed by atoms with Crippen LogP contribution < -0.4 is 5.32 Å². The maximum atomic E-state index is 13.1. The summed E-state index contributed by atoms with van der Waals surface area (Å²) in [5.41, 5.74) is 0.921. The highest BCUT2D eigenvalue weighted by Crippen LogP contribution is 2.39. The predicted octanol–water partition coefficient (Wildman–Crippen LogP) is 2.85. The first-order valence-electron chi connectivity index (χ1n) is 7.06. The van der Waals surface area contributed by atoms with Crippen molar-refractivity contribution < 1.29 is 13.2 Å². The van der Waals surface area contributed by atoms with Crippen LogP contribution in [-0.2, 0) is 0 Å². The second-order valence-corrected chi connectivity index (χ2v) is 5.16. The summed E-state index contributed by atoms with van der Waals surface area (Å²) in [6, 6.07) is 2.04. The zero-order valence-electron chi connectivity index (χ0n) is 13.2. The molecular weight excluding hydrogens is 307 g/mol. The molecule has 0 aromatic rings. The zero-order valence-corrected chi connectivity index (χ0v) is 13.2. The molecule has 0 bridgehead atoms. The molecule has 1 fully saturated rings. The Morgan fingerprint density at radius 1 is 1.52 bits per heavy atom. The second-order valence-electron chi connectivity index (χ2n) is 5.16. The lowest BCUT2D eigenvalue weighted by Crippen LogP contribution is -2.50. The fraction of sp³-hybridized carbons (Fsp3) is 0.533. The zero-order chi connectivity index (χ0) is 17.6. The van der Waals surface area contributed by atoms with Crippen LogP contribution in [0.15, 0.2) is 34.0 Å². The van der Waals surface area contributed by atoms with Crippen molar-refractivity contribution >= 4 is 12.6 Å². The van der Waals surface area contributed by atoms with Crippen molar-refractivity contribution in [3.63, 3.8) is 0 Å². The van der Waals surface area contributed by atoms with Crippen molar-refractivity contribution in [3.8, 4) is 6.07 Å². The van der Waals surface area contributed by atoms with Crippen molar-refractivity contribution in [3.05, 3.63) is 24.0 Å².